The van der Waals surface area contributed by atoms with Gasteiger partial charge in [-0.25, -0.2) is 0 Å². The van der Waals surface area contributed by atoms with Crippen LogP contribution in [-0.4, -0.2) is 37.2 Å². The van der Waals surface area contributed by atoms with Crippen molar-refractivity contribution in [3.63, 3.8) is 0 Å². The number of carbonyl (C=O) groups is 3. The lowest BCUT2D eigenvalue weighted by Crippen LogP contribution is -2.30. The Morgan fingerprint density at radius 2 is 0.800 bits per heavy atom. The van der Waals surface area contributed by atoms with Crippen molar-refractivity contribution in [1.82, 2.24) is 0 Å². The molecule has 0 fully saturated rings. The Labute approximate surface area is 338 Å². The summed E-state index contributed by atoms with van der Waals surface area (Å²) in [6.45, 7) is 6.32. The molecule has 0 aliphatic heterocycles. The van der Waals surface area contributed by atoms with Crippen molar-refractivity contribution in [2.75, 3.05) is 13.2 Å². The summed E-state index contributed by atoms with van der Waals surface area (Å²) < 4.78 is 16.5. The van der Waals surface area contributed by atoms with Gasteiger partial charge in [0.25, 0.3) is 0 Å². The number of rotatable bonds is 39. The molecule has 0 aliphatic rings. The molecule has 0 saturated carbocycles. The molecular formula is C49H82O6. The number of esters is 3. The molecule has 0 aliphatic carbocycles. The molecule has 6 nitrogen and oxygen atoms in total. The minimum absolute atomic E-state index is 0.111. The van der Waals surface area contributed by atoms with Crippen molar-refractivity contribution in [2.24, 2.45) is 0 Å². The van der Waals surface area contributed by atoms with Gasteiger partial charge >= 0.3 is 17.9 Å². The molecule has 1 unspecified atom stereocenters. The van der Waals surface area contributed by atoms with E-state index in [-0.39, 0.29) is 31.6 Å². The molecule has 6 heteroatoms. The highest BCUT2D eigenvalue weighted by Crippen LogP contribution is 2.13. The molecule has 1 atom stereocenters. The lowest BCUT2D eigenvalue weighted by molar-refractivity contribution is -0.166. The van der Waals surface area contributed by atoms with Crippen LogP contribution in [0.1, 0.15) is 201 Å². The van der Waals surface area contributed by atoms with Gasteiger partial charge in [-0.15, -0.1) is 0 Å². The van der Waals surface area contributed by atoms with Gasteiger partial charge in [0.05, 0.1) is 6.42 Å². The third kappa shape index (κ3) is 41.8. The van der Waals surface area contributed by atoms with Crippen molar-refractivity contribution < 1.29 is 28.6 Å². The van der Waals surface area contributed by atoms with Crippen LogP contribution in [0, 0.1) is 0 Å². The first-order valence-corrected chi connectivity index (χ1v) is 22.4. The van der Waals surface area contributed by atoms with Crippen molar-refractivity contribution in [3.8, 4) is 0 Å². The Morgan fingerprint density at radius 3 is 1.35 bits per heavy atom. The van der Waals surface area contributed by atoms with Crippen LogP contribution >= 0.6 is 0 Å². The molecule has 0 heterocycles. The first-order chi connectivity index (χ1) is 27.0. The molecule has 0 saturated heterocycles. The van der Waals surface area contributed by atoms with E-state index in [9.17, 15) is 14.4 Å². The zero-order valence-corrected chi connectivity index (χ0v) is 35.7. The molecule has 0 bridgehead atoms. The van der Waals surface area contributed by atoms with E-state index in [0.29, 0.717) is 12.8 Å². The van der Waals surface area contributed by atoms with Crippen LogP contribution in [0.25, 0.3) is 0 Å². The van der Waals surface area contributed by atoms with E-state index in [0.717, 1.165) is 83.5 Å². The summed E-state index contributed by atoms with van der Waals surface area (Å²) in [7, 11) is 0. The number of hydrogen-bond donors (Lipinski definition) is 0. The smallest absolute Gasteiger partial charge is 0.309 e. The van der Waals surface area contributed by atoms with E-state index in [1.54, 1.807) is 6.08 Å². The molecule has 0 spiro atoms. The second kappa shape index (κ2) is 43.6. The van der Waals surface area contributed by atoms with Gasteiger partial charge in [-0.1, -0.05) is 171 Å². The third-order valence-corrected chi connectivity index (χ3v) is 9.20. The first kappa shape index (κ1) is 51.9. The fraction of sp³-hybridized carbons (Fsp3) is 0.694. The van der Waals surface area contributed by atoms with Crippen LogP contribution in [0.15, 0.2) is 72.9 Å². The van der Waals surface area contributed by atoms with E-state index in [1.807, 2.05) is 6.08 Å². The summed E-state index contributed by atoms with van der Waals surface area (Å²) in [5.41, 5.74) is 0. The molecule has 314 valence electrons. The Kier molecular flexibility index (Phi) is 41.1. The van der Waals surface area contributed by atoms with Crippen LogP contribution < -0.4 is 0 Å². The molecule has 0 rings (SSSR count). The number of ether oxygens (including phenoxy) is 3. The summed E-state index contributed by atoms with van der Waals surface area (Å²) >= 11 is 0. The number of unbranched alkanes of at least 4 members (excludes halogenated alkanes) is 17. The summed E-state index contributed by atoms with van der Waals surface area (Å²) in [5, 5.41) is 0. The topological polar surface area (TPSA) is 78.9 Å². The van der Waals surface area contributed by atoms with Crippen molar-refractivity contribution >= 4 is 17.9 Å². The maximum atomic E-state index is 12.7. The number of carbonyl (C=O) groups excluding carboxylic acids is 3. The third-order valence-electron chi connectivity index (χ3n) is 9.20. The quantitative estimate of drug-likeness (QED) is 0.0268. The Bertz CT molecular complexity index is 1070. The number of allylic oxidation sites excluding steroid dienone is 11. The van der Waals surface area contributed by atoms with E-state index in [1.165, 1.54) is 77.0 Å². The minimum atomic E-state index is -0.815. The highest BCUT2D eigenvalue weighted by molar-refractivity contribution is 5.72. The van der Waals surface area contributed by atoms with E-state index >= 15 is 0 Å². The van der Waals surface area contributed by atoms with Crippen molar-refractivity contribution in [1.29, 1.82) is 0 Å². The van der Waals surface area contributed by atoms with E-state index in [2.05, 4.69) is 81.5 Å². The summed E-state index contributed by atoms with van der Waals surface area (Å²) in [6, 6.07) is 0. The van der Waals surface area contributed by atoms with Gasteiger partial charge in [-0.05, 0) is 83.5 Å². The predicted octanol–water partition coefficient (Wildman–Crippen LogP) is 14.3. The largest absolute Gasteiger partial charge is 0.462 e. The fourth-order valence-electron chi connectivity index (χ4n) is 5.81. The highest BCUT2D eigenvalue weighted by Gasteiger charge is 2.19. The van der Waals surface area contributed by atoms with Crippen LogP contribution in [0.3, 0.4) is 0 Å². The zero-order valence-electron chi connectivity index (χ0n) is 35.7. The Morgan fingerprint density at radius 1 is 0.400 bits per heavy atom. The molecule has 0 aromatic carbocycles. The summed E-state index contributed by atoms with van der Waals surface area (Å²) in [6.07, 6.45) is 53.5. The standard InChI is InChI=1S/C49H82O6/c1-4-7-10-13-16-19-21-22-23-24-25-26-28-30-33-36-39-42-48(51)54-45-46(44-53-47(50)41-38-35-32-29-18-15-12-9-6-3)55-49(52)43-40-37-34-31-27-20-17-14-11-8-5-2/h9,12,14,16-19,22-23,29,35,38,46H,4-8,10-11,13,15,20-21,24-28,30-34,36-37,39-45H2,1-3H3/b12-9-,17-14-,19-16-,23-22-,29-18-,38-35-. The maximum absolute atomic E-state index is 12.7. The SMILES string of the molecule is CC/C=C\C/C=C\C/C=C\CC(=O)OCC(COC(=O)CCCCCCCCC/C=C\C/C=C\CCCCC)OC(=O)CCCCCCC/C=C\CCCC. The van der Waals surface area contributed by atoms with Gasteiger partial charge in [0.1, 0.15) is 13.2 Å². The first-order valence-electron chi connectivity index (χ1n) is 22.4. The Balaban J connectivity index is 4.41. The highest BCUT2D eigenvalue weighted by atomic mass is 16.6. The van der Waals surface area contributed by atoms with Gasteiger partial charge in [0.2, 0.25) is 0 Å². The zero-order chi connectivity index (χ0) is 40.1. The molecule has 0 radical (unpaired) electrons. The van der Waals surface area contributed by atoms with Gasteiger partial charge in [-0.2, -0.15) is 0 Å². The molecule has 0 aromatic heterocycles. The molecular weight excluding hydrogens is 685 g/mol. The van der Waals surface area contributed by atoms with Gasteiger partial charge in [0, 0.05) is 12.8 Å². The predicted molar refractivity (Wildman–Crippen MR) is 233 cm³/mol. The van der Waals surface area contributed by atoms with Crippen LogP contribution in [0.2, 0.25) is 0 Å². The summed E-state index contributed by atoms with van der Waals surface area (Å²) in [5.74, 6) is -1.06. The monoisotopic (exact) mass is 767 g/mol. The molecule has 0 amide bonds. The van der Waals surface area contributed by atoms with Crippen LogP contribution in [-0.2, 0) is 28.6 Å². The van der Waals surface area contributed by atoms with Gasteiger partial charge in [-0.3, -0.25) is 14.4 Å². The molecule has 0 aromatic rings. The average molecular weight is 767 g/mol. The lowest BCUT2D eigenvalue weighted by Gasteiger charge is -2.18. The summed E-state index contributed by atoms with van der Waals surface area (Å²) in [4.78, 5) is 37.6. The van der Waals surface area contributed by atoms with Crippen molar-refractivity contribution in [3.05, 3.63) is 72.9 Å². The fourth-order valence-corrected chi connectivity index (χ4v) is 5.81. The maximum Gasteiger partial charge on any atom is 0.309 e. The van der Waals surface area contributed by atoms with E-state index in [4.69, 9.17) is 14.2 Å². The van der Waals surface area contributed by atoms with Crippen LogP contribution in [0.5, 0.6) is 0 Å². The Hall–Kier alpha value is -3.15. The lowest BCUT2D eigenvalue weighted by atomic mass is 10.1. The number of hydrogen-bond acceptors (Lipinski definition) is 6. The normalized spacial score (nSPS) is 12.7. The van der Waals surface area contributed by atoms with Crippen molar-refractivity contribution in [2.45, 2.75) is 207 Å². The van der Waals surface area contributed by atoms with Crippen LogP contribution in [0.4, 0.5) is 0 Å². The second-order valence-corrected chi connectivity index (χ2v) is 14.6. The van der Waals surface area contributed by atoms with Gasteiger partial charge < -0.3 is 14.2 Å². The van der Waals surface area contributed by atoms with Gasteiger partial charge in [0.15, 0.2) is 6.10 Å². The molecule has 0 N–H and O–H groups in total. The molecule has 55 heavy (non-hydrogen) atoms. The average Bonchev–Trinajstić information content (AvgIpc) is 3.18. The van der Waals surface area contributed by atoms with E-state index < -0.39 is 12.1 Å². The second-order valence-electron chi connectivity index (χ2n) is 14.6. The minimum Gasteiger partial charge on any atom is -0.462 e.